The largest absolute Gasteiger partial charge is 0.493 e. The molecule has 0 atom stereocenters. The van der Waals surface area contributed by atoms with Gasteiger partial charge in [-0.05, 0) is 36.8 Å². The molecule has 7 heteroatoms. The Bertz CT molecular complexity index is 845. The molecule has 0 aliphatic carbocycles. The predicted octanol–water partition coefficient (Wildman–Crippen LogP) is 3.77. The molecule has 0 radical (unpaired) electrons. The van der Waals surface area contributed by atoms with E-state index in [1.54, 1.807) is 24.3 Å². The van der Waals surface area contributed by atoms with Gasteiger partial charge in [0.25, 0.3) is 0 Å². The van der Waals surface area contributed by atoms with Gasteiger partial charge in [0.1, 0.15) is 16.5 Å². The van der Waals surface area contributed by atoms with E-state index in [1.165, 1.54) is 13.2 Å². The number of hydrogen-bond donors (Lipinski definition) is 0. The second kappa shape index (κ2) is 6.78. The molecule has 0 heterocycles. The van der Waals surface area contributed by atoms with Gasteiger partial charge in [-0.25, -0.2) is 8.78 Å². The van der Waals surface area contributed by atoms with E-state index < -0.39 is 26.6 Å². The van der Waals surface area contributed by atoms with Crippen molar-refractivity contribution in [1.29, 1.82) is 0 Å². The van der Waals surface area contributed by atoms with Gasteiger partial charge in [0.2, 0.25) is 0 Å². The molecule has 122 valence electrons. The van der Waals surface area contributed by atoms with Gasteiger partial charge in [-0.15, -0.1) is 0 Å². The van der Waals surface area contributed by atoms with E-state index in [0.717, 1.165) is 17.7 Å². The molecular formula is C16H14F2O4S. The summed E-state index contributed by atoms with van der Waals surface area (Å²) >= 11 is 0. The topological polar surface area (TPSA) is 52.6 Å². The molecule has 0 spiro atoms. The molecule has 0 aromatic heterocycles. The van der Waals surface area contributed by atoms with E-state index in [-0.39, 0.29) is 11.5 Å². The first-order valence-corrected chi connectivity index (χ1v) is 7.98. The van der Waals surface area contributed by atoms with Crippen LogP contribution in [0.5, 0.6) is 11.5 Å². The number of ether oxygens (including phenoxy) is 1. The Hall–Kier alpha value is -2.41. The van der Waals surface area contributed by atoms with Crippen molar-refractivity contribution >= 4 is 16.2 Å². The first-order chi connectivity index (χ1) is 10.9. The molecule has 2 aromatic rings. The minimum atomic E-state index is -4.46. The molecule has 0 saturated heterocycles. The van der Waals surface area contributed by atoms with Crippen LogP contribution in [-0.4, -0.2) is 15.5 Å². The maximum atomic E-state index is 13.7. The summed E-state index contributed by atoms with van der Waals surface area (Å²) in [6.07, 6.45) is 3.60. The highest BCUT2D eigenvalue weighted by Gasteiger charge is 2.23. The molecule has 0 saturated carbocycles. The van der Waals surface area contributed by atoms with Crippen LogP contribution in [0.25, 0.3) is 6.08 Å². The number of methoxy groups -OCH3 is 1. The van der Waals surface area contributed by atoms with Crippen molar-refractivity contribution in [1.82, 2.24) is 0 Å². The first kappa shape index (κ1) is 17.0. The predicted molar refractivity (Wildman–Crippen MR) is 81.9 cm³/mol. The fourth-order valence-corrected chi connectivity index (χ4v) is 2.89. The van der Waals surface area contributed by atoms with E-state index in [2.05, 4.69) is 0 Å². The maximum Gasteiger partial charge on any atom is 0.342 e. The Labute approximate surface area is 133 Å². The summed E-state index contributed by atoms with van der Waals surface area (Å²) < 4.78 is 60.9. The van der Waals surface area contributed by atoms with Crippen LogP contribution in [0.15, 0.2) is 47.4 Å². The zero-order valence-corrected chi connectivity index (χ0v) is 13.2. The number of rotatable bonds is 5. The van der Waals surface area contributed by atoms with Gasteiger partial charge in [-0.1, -0.05) is 18.2 Å². The van der Waals surface area contributed by atoms with Crippen LogP contribution >= 0.6 is 0 Å². The van der Waals surface area contributed by atoms with E-state index in [1.807, 2.05) is 6.92 Å². The fourth-order valence-electron chi connectivity index (χ4n) is 1.89. The zero-order valence-electron chi connectivity index (χ0n) is 12.4. The zero-order chi connectivity index (χ0) is 17.0. The average molecular weight is 340 g/mol. The molecule has 0 aliphatic rings. The number of hydrogen-bond acceptors (Lipinski definition) is 4. The summed E-state index contributed by atoms with van der Waals surface area (Å²) in [6.45, 7) is 1.83. The lowest BCUT2D eigenvalue weighted by atomic mass is 10.2. The Morgan fingerprint density at radius 3 is 2.39 bits per heavy atom. The van der Waals surface area contributed by atoms with Crippen LogP contribution in [0.1, 0.15) is 12.5 Å². The molecule has 0 fully saturated rings. The minimum absolute atomic E-state index is 0.0931. The average Bonchev–Trinajstić information content (AvgIpc) is 2.48. The highest BCUT2D eigenvalue weighted by atomic mass is 32.2. The van der Waals surface area contributed by atoms with Crippen molar-refractivity contribution in [3.63, 3.8) is 0 Å². The van der Waals surface area contributed by atoms with Crippen LogP contribution in [0.3, 0.4) is 0 Å². The highest BCUT2D eigenvalue weighted by Crippen LogP contribution is 2.31. The van der Waals surface area contributed by atoms with Gasteiger partial charge < -0.3 is 8.92 Å². The van der Waals surface area contributed by atoms with E-state index in [0.29, 0.717) is 6.07 Å². The van der Waals surface area contributed by atoms with Gasteiger partial charge in [0.05, 0.1) is 7.11 Å². The van der Waals surface area contributed by atoms with E-state index >= 15 is 0 Å². The van der Waals surface area contributed by atoms with Crippen molar-refractivity contribution in [2.45, 2.75) is 11.8 Å². The van der Waals surface area contributed by atoms with Crippen LogP contribution in [-0.2, 0) is 10.1 Å². The molecule has 0 amide bonds. The van der Waals surface area contributed by atoms with Crippen molar-refractivity contribution in [3.05, 3.63) is 59.7 Å². The van der Waals surface area contributed by atoms with Crippen molar-refractivity contribution in [3.8, 4) is 11.5 Å². The fraction of sp³-hybridized carbons (Fsp3) is 0.125. The minimum Gasteiger partial charge on any atom is -0.493 e. The van der Waals surface area contributed by atoms with Crippen molar-refractivity contribution in [2.75, 3.05) is 7.11 Å². The number of halogens is 2. The summed E-state index contributed by atoms with van der Waals surface area (Å²) in [5, 5.41) is 0. The second-order valence-corrected chi connectivity index (χ2v) is 6.04. The summed E-state index contributed by atoms with van der Waals surface area (Å²) in [5.41, 5.74) is 0.780. The number of allylic oxidation sites excluding steroid dienone is 1. The van der Waals surface area contributed by atoms with Crippen LogP contribution in [0.4, 0.5) is 8.78 Å². The maximum absolute atomic E-state index is 13.7. The normalized spacial score (nSPS) is 11.7. The SMILES string of the molecule is C/C=C/c1ccc(OS(=O)(=O)c2ccc(F)cc2F)c(OC)c1. The lowest BCUT2D eigenvalue weighted by molar-refractivity contribution is 0.389. The Morgan fingerprint density at radius 2 is 1.78 bits per heavy atom. The van der Waals surface area contributed by atoms with E-state index in [9.17, 15) is 17.2 Å². The Balaban J connectivity index is 2.40. The third-order valence-electron chi connectivity index (χ3n) is 2.91. The summed E-state index contributed by atoms with van der Waals surface area (Å²) in [7, 11) is -3.10. The lowest BCUT2D eigenvalue weighted by Crippen LogP contribution is -2.12. The van der Waals surface area contributed by atoms with Gasteiger partial charge in [-0.3, -0.25) is 0 Å². The first-order valence-electron chi connectivity index (χ1n) is 6.57. The van der Waals surface area contributed by atoms with Crippen LogP contribution in [0, 0.1) is 11.6 Å². The quantitative estimate of drug-likeness (QED) is 0.778. The van der Waals surface area contributed by atoms with Crippen molar-refractivity contribution in [2.24, 2.45) is 0 Å². The third-order valence-corrected chi connectivity index (χ3v) is 4.18. The summed E-state index contributed by atoms with van der Waals surface area (Å²) in [5.74, 6) is -2.03. The van der Waals surface area contributed by atoms with Crippen molar-refractivity contribution < 1.29 is 26.1 Å². The monoisotopic (exact) mass is 340 g/mol. The smallest absolute Gasteiger partial charge is 0.342 e. The highest BCUT2D eigenvalue weighted by molar-refractivity contribution is 7.87. The van der Waals surface area contributed by atoms with Crippen LogP contribution < -0.4 is 8.92 Å². The molecule has 0 unspecified atom stereocenters. The summed E-state index contributed by atoms with van der Waals surface area (Å²) in [4.78, 5) is -0.751. The molecule has 0 aliphatic heterocycles. The number of benzene rings is 2. The van der Waals surface area contributed by atoms with E-state index in [4.69, 9.17) is 8.92 Å². The van der Waals surface area contributed by atoms with Gasteiger partial charge in [0.15, 0.2) is 11.5 Å². The molecule has 0 bridgehead atoms. The third kappa shape index (κ3) is 3.87. The lowest BCUT2D eigenvalue weighted by Gasteiger charge is -2.12. The Morgan fingerprint density at radius 1 is 1.04 bits per heavy atom. The van der Waals surface area contributed by atoms with Gasteiger partial charge in [0, 0.05) is 6.07 Å². The van der Waals surface area contributed by atoms with Gasteiger partial charge >= 0.3 is 10.1 Å². The molecule has 23 heavy (non-hydrogen) atoms. The molecular weight excluding hydrogens is 326 g/mol. The summed E-state index contributed by atoms with van der Waals surface area (Å²) in [6, 6.07) is 6.71. The second-order valence-electron chi connectivity index (χ2n) is 4.52. The Kier molecular flexibility index (Phi) is 5.00. The van der Waals surface area contributed by atoms with Gasteiger partial charge in [-0.2, -0.15) is 8.42 Å². The standard InChI is InChI=1S/C16H14F2O4S/c1-3-4-11-5-7-14(15(9-11)21-2)22-23(19,20)16-8-6-12(17)10-13(16)18/h3-10H,1-2H3/b4-3+. The molecule has 2 aromatic carbocycles. The molecule has 4 nitrogen and oxygen atoms in total. The molecule has 2 rings (SSSR count). The van der Waals surface area contributed by atoms with Crippen LogP contribution in [0.2, 0.25) is 0 Å². The molecule has 0 N–H and O–H groups in total.